The van der Waals surface area contributed by atoms with Crippen LogP contribution in [0.5, 0.6) is 0 Å². The first-order valence-corrected chi connectivity index (χ1v) is 13.5. The molecule has 2 atom stereocenters. The Bertz CT molecular complexity index is 1450. The van der Waals surface area contributed by atoms with Crippen molar-refractivity contribution in [1.29, 1.82) is 0 Å². The molecule has 0 spiro atoms. The summed E-state index contributed by atoms with van der Waals surface area (Å²) >= 11 is 11.9. The zero-order chi connectivity index (χ0) is 29.2. The highest BCUT2D eigenvalue weighted by Gasteiger charge is 2.53. The van der Waals surface area contributed by atoms with Crippen LogP contribution in [0.25, 0.3) is 0 Å². The van der Waals surface area contributed by atoms with E-state index in [1.165, 1.54) is 6.07 Å². The summed E-state index contributed by atoms with van der Waals surface area (Å²) in [5.41, 5.74) is 1.57. The number of cyclic esters (lactones) is 1. The van der Waals surface area contributed by atoms with Crippen LogP contribution in [-0.2, 0) is 14.3 Å². The number of morpholine rings is 1. The number of hydrogen-bond acceptors (Lipinski definition) is 5. The number of nitrogens with zero attached hydrogens (tertiary/aromatic N) is 1. The van der Waals surface area contributed by atoms with E-state index in [1.54, 1.807) is 74.8 Å². The van der Waals surface area contributed by atoms with Gasteiger partial charge in [-0.3, -0.25) is 14.1 Å². The monoisotopic (exact) mass is 582 g/mol. The fraction of sp³-hybridized carbons (Fsp3) is 0.267. The van der Waals surface area contributed by atoms with Gasteiger partial charge >= 0.3 is 11.9 Å². The highest BCUT2D eigenvalue weighted by molar-refractivity contribution is 6.31. The third-order valence-corrected chi connectivity index (χ3v) is 7.33. The van der Waals surface area contributed by atoms with Gasteiger partial charge in [0.25, 0.3) is 11.8 Å². The van der Waals surface area contributed by atoms with Gasteiger partial charge in [0, 0.05) is 38.8 Å². The van der Waals surface area contributed by atoms with Crippen LogP contribution in [0.4, 0.5) is 11.4 Å². The molecule has 40 heavy (non-hydrogen) atoms. The maximum Gasteiger partial charge on any atom is 0.366 e. The van der Waals surface area contributed by atoms with Crippen LogP contribution in [0.3, 0.4) is 0 Å². The molecule has 1 fully saturated rings. The Kier molecular flexibility index (Phi) is 8.63. The van der Waals surface area contributed by atoms with Gasteiger partial charge in [0.05, 0.1) is 19.8 Å². The van der Waals surface area contributed by atoms with Crippen molar-refractivity contribution in [3.63, 3.8) is 0 Å². The van der Waals surface area contributed by atoms with Crippen LogP contribution in [0.2, 0.25) is 10.0 Å². The van der Waals surface area contributed by atoms with E-state index < -0.39 is 29.9 Å². The number of carbonyl (C=O) groups is 4. The normalized spacial score (nSPS) is 18.3. The standard InChI is InChI=1S/C30H29Cl2N3O5/c1-17(2)15-25-30(39)40-26(29(38)35(25,3)4)23-14-13-22(33-27(36)18-5-9-20(31)10-6-18)16-24(23)34-28(37)19-7-11-21(32)12-8-19/h5-14,16-17,25-26H,15H2,1-4H3,(H-,33,34,36,37)/p+1. The highest BCUT2D eigenvalue weighted by Crippen LogP contribution is 2.37. The molecule has 3 amide bonds. The number of amides is 3. The van der Waals surface area contributed by atoms with Crippen LogP contribution in [0.1, 0.15) is 52.7 Å². The molecule has 0 saturated carbocycles. The van der Waals surface area contributed by atoms with E-state index in [2.05, 4.69) is 10.6 Å². The lowest BCUT2D eigenvalue weighted by atomic mass is 9.95. The van der Waals surface area contributed by atoms with Crippen molar-refractivity contribution >= 4 is 58.3 Å². The van der Waals surface area contributed by atoms with Crippen molar-refractivity contribution in [2.75, 3.05) is 24.7 Å². The Morgan fingerprint density at radius 1 is 0.850 bits per heavy atom. The number of esters is 1. The predicted molar refractivity (Wildman–Crippen MR) is 154 cm³/mol. The summed E-state index contributed by atoms with van der Waals surface area (Å²) in [5.74, 6) is -1.50. The lowest BCUT2D eigenvalue weighted by molar-refractivity contribution is -0.838. The molecule has 1 aliphatic rings. The molecule has 0 radical (unpaired) electrons. The topological polar surface area (TPSA) is 102 Å². The molecule has 8 nitrogen and oxygen atoms in total. The molecule has 1 aliphatic heterocycles. The van der Waals surface area contributed by atoms with E-state index >= 15 is 0 Å². The van der Waals surface area contributed by atoms with Crippen molar-refractivity contribution in [2.45, 2.75) is 32.4 Å². The molecule has 1 heterocycles. The fourth-order valence-corrected chi connectivity index (χ4v) is 4.79. The van der Waals surface area contributed by atoms with E-state index in [-0.39, 0.29) is 22.0 Å². The number of ether oxygens (including phenoxy) is 1. The molecule has 3 aromatic rings. The van der Waals surface area contributed by atoms with Gasteiger partial charge < -0.3 is 15.4 Å². The van der Waals surface area contributed by atoms with Crippen molar-refractivity contribution in [3.8, 4) is 0 Å². The first kappa shape index (κ1) is 29.3. The maximum atomic E-state index is 13.7. The molecule has 2 N–H and O–H groups in total. The van der Waals surface area contributed by atoms with Crippen LogP contribution in [0.15, 0.2) is 66.7 Å². The van der Waals surface area contributed by atoms with E-state index in [0.717, 1.165) is 0 Å². The minimum atomic E-state index is -1.26. The molecule has 3 aromatic carbocycles. The predicted octanol–water partition coefficient (Wildman–Crippen LogP) is 6.11. The summed E-state index contributed by atoms with van der Waals surface area (Å²) in [4.78, 5) is 52.8. The quantitative estimate of drug-likeness (QED) is 0.258. The van der Waals surface area contributed by atoms with Gasteiger partial charge in [0.2, 0.25) is 6.10 Å². The summed E-state index contributed by atoms with van der Waals surface area (Å²) in [7, 11) is 3.38. The van der Waals surface area contributed by atoms with Gasteiger partial charge in [-0.05, 0) is 66.6 Å². The number of nitrogens with one attached hydrogen (secondary N) is 2. The number of rotatable bonds is 7. The second-order valence-corrected chi connectivity index (χ2v) is 11.4. The largest absolute Gasteiger partial charge is 0.438 e. The third kappa shape index (κ3) is 6.36. The SMILES string of the molecule is CC(C)CC1C(=O)OC(c2ccc(NC(=O)c3ccc(Cl)cc3)cc2NC(=O)c2ccc(Cl)cc2)C(=O)[N+]1(C)C. The van der Waals surface area contributed by atoms with Gasteiger partial charge in [-0.15, -0.1) is 0 Å². The second kappa shape index (κ2) is 11.8. The van der Waals surface area contributed by atoms with E-state index in [4.69, 9.17) is 27.9 Å². The third-order valence-electron chi connectivity index (χ3n) is 6.83. The minimum Gasteiger partial charge on any atom is -0.438 e. The summed E-state index contributed by atoms with van der Waals surface area (Å²) in [6.07, 6.45) is -0.771. The Morgan fingerprint density at radius 3 is 1.90 bits per heavy atom. The zero-order valence-electron chi connectivity index (χ0n) is 22.5. The number of quaternary nitrogens is 1. The highest BCUT2D eigenvalue weighted by atomic mass is 35.5. The molecule has 208 valence electrons. The van der Waals surface area contributed by atoms with Crippen LogP contribution >= 0.6 is 23.2 Å². The van der Waals surface area contributed by atoms with Gasteiger partial charge in [-0.1, -0.05) is 43.1 Å². The lowest BCUT2D eigenvalue weighted by Gasteiger charge is -2.41. The number of halogens is 2. The average Bonchev–Trinajstić information content (AvgIpc) is 2.90. The maximum absolute atomic E-state index is 13.7. The first-order chi connectivity index (χ1) is 18.9. The molecule has 0 aromatic heterocycles. The number of carbonyl (C=O) groups excluding carboxylic acids is 4. The van der Waals surface area contributed by atoms with Crippen molar-refractivity contribution in [3.05, 3.63) is 93.5 Å². The minimum absolute atomic E-state index is 0.178. The summed E-state index contributed by atoms with van der Waals surface area (Å²) < 4.78 is 5.51. The van der Waals surface area contributed by atoms with E-state index in [9.17, 15) is 19.2 Å². The first-order valence-electron chi connectivity index (χ1n) is 12.7. The molecular formula is C30H30Cl2N3O5+. The van der Waals surface area contributed by atoms with Crippen molar-refractivity contribution in [2.24, 2.45) is 5.92 Å². The van der Waals surface area contributed by atoms with Gasteiger partial charge in [-0.2, -0.15) is 0 Å². The van der Waals surface area contributed by atoms with Gasteiger partial charge in [-0.25, -0.2) is 9.59 Å². The van der Waals surface area contributed by atoms with E-state index in [0.29, 0.717) is 38.8 Å². The number of benzene rings is 3. The number of hydrogen-bond donors (Lipinski definition) is 2. The second-order valence-electron chi connectivity index (χ2n) is 10.6. The van der Waals surface area contributed by atoms with Crippen LogP contribution < -0.4 is 10.6 Å². The number of anilines is 2. The molecule has 4 rings (SSSR count). The Morgan fingerprint density at radius 2 is 1.38 bits per heavy atom. The van der Waals surface area contributed by atoms with Gasteiger partial charge in [0.1, 0.15) is 0 Å². The molecule has 10 heteroatoms. The van der Waals surface area contributed by atoms with Crippen LogP contribution in [-0.4, -0.2) is 48.3 Å². The van der Waals surface area contributed by atoms with Crippen molar-refractivity contribution < 1.29 is 28.4 Å². The smallest absolute Gasteiger partial charge is 0.366 e. The average molecular weight is 583 g/mol. The summed E-state index contributed by atoms with van der Waals surface area (Å²) in [6.45, 7) is 3.95. The Labute approximate surface area is 242 Å². The zero-order valence-corrected chi connectivity index (χ0v) is 24.0. The molecule has 2 unspecified atom stereocenters. The molecule has 1 saturated heterocycles. The molecule has 0 aliphatic carbocycles. The van der Waals surface area contributed by atoms with Gasteiger partial charge in [0.15, 0.2) is 6.04 Å². The van der Waals surface area contributed by atoms with Crippen molar-refractivity contribution in [1.82, 2.24) is 0 Å². The van der Waals surface area contributed by atoms with E-state index in [1.807, 2.05) is 13.8 Å². The summed E-state index contributed by atoms with van der Waals surface area (Å²) in [6, 6.07) is 16.7. The Hall–Kier alpha value is -3.72. The fourth-order valence-electron chi connectivity index (χ4n) is 4.54. The number of likely N-dealkylation sites (N-methyl/N-ethyl adjacent to an activating group) is 1. The lowest BCUT2D eigenvalue weighted by Crippen LogP contribution is -2.63. The Balaban J connectivity index is 1.70. The molecule has 0 bridgehead atoms. The van der Waals surface area contributed by atoms with Crippen LogP contribution in [0, 0.1) is 5.92 Å². The summed E-state index contributed by atoms with van der Waals surface area (Å²) in [5, 5.41) is 6.56. The molecular weight excluding hydrogens is 553 g/mol.